The number of benzene rings is 1. The number of rotatable bonds is 7. The first-order chi connectivity index (χ1) is 8.93. The minimum absolute atomic E-state index is 0.0104. The lowest BCUT2D eigenvalue weighted by atomic mass is 10.2. The highest BCUT2D eigenvalue weighted by molar-refractivity contribution is 7.91. The standard InChI is InChI=1S/C14H19NO3S/c1-12(2)6-8-19(16,17)9-7-18-14-5-3-4-13(10-14)11-15/h3-5,10,12H,6-9H2,1-2H3. The van der Waals surface area contributed by atoms with Gasteiger partial charge in [0.25, 0.3) is 0 Å². The zero-order valence-electron chi connectivity index (χ0n) is 11.3. The number of hydrogen-bond acceptors (Lipinski definition) is 4. The fourth-order valence-corrected chi connectivity index (χ4v) is 2.83. The first-order valence-corrected chi connectivity index (χ1v) is 8.08. The van der Waals surface area contributed by atoms with Crippen molar-refractivity contribution in [2.75, 3.05) is 18.1 Å². The van der Waals surface area contributed by atoms with Gasteiger partial charge in [0.05, 0.1) is 23.1 Å². The van der Waals surface area contributed by atoms with Crippen molar-refractivity contribution < 1.29 is 13.2 Å². The van der Waals surface area contributed by atoms with Gasteiger partial charge in [0.1, 0.15) is 12.4 Å². The Bertz CT molecular complexity index is 544. The lowest BCUT2D eigenvalue weighted by Crippen LogP contribution is -2.18. The van der Waals surface area contributed by atoms with Gasteiger partial charge < -0.3 is 4.74 Å². The fourth-order valence-electron chi connectivity index (χ4n) is 1.46. The third kappa shape index (κ3) is 6.25. The molecule has 0 amide bonds. The number of nitrogens with zero attached hydrogens (tertiary/aromatic N) is 1. The van der Waals surface area contributed by atoms with E-state index >= 15 is 0 Å². The molecule has 1 aromatic rings. The van der Waals surface area contributed by atoms with Crippen LogP contribution in [0.3, 0.4) is 0 Å². The smallest absolute Gasteiger partial charge is 0.153 e. The Balaban J connectivity index is 2.43. The Morgan fingerprint density at radius 1 is 1.32 bits per heavy atom. The summed E-state index contributed by atoms with van der Waals surface area (Å²) in [5.41, 5.74) is 0.500. The lowest BCUT2D eigenvalue weighted by molar-refractivity contribution is 0.340. The van der Waals surface area contributed by atoms with Gasteiger partial charge in [-0.15, -0.1) is 0 Å². The largest absolute Gasteiger partial charge is 0.492 e. The maximum Gasteiger partial charge on any atom is 0.153 e. The molecule has 0 aliphatic heterocycles. The average molecular weight is 281 g/mol. The van der Waals surface area contributed by atoms with E-state index in [9.17, 15) is 8.42 Å². The first kappa shape index (κ1) is 15.5. The molecule has 0 aliphatic rings. The summed E-state index contributed by atoms with van der Waals surface area (Å²) in [5.74, 6) is 1.11. The van der Waals surface area contributed by atoms with Crippen LogP contribution in [-0.2, 0) is 9.84 Å². The SMILES string of the molecule is CC(C)CCS(=O)(=O)CCOc1cccc(C#N)c1. The van der Waals surface area contributed by atoms with E-state index in [1.54, 1.807) is 24.3 Å². The second kappa shape index (κ2) is 7.15. The second-order valence-electron chi connectivity index (χ2n) is 4.82. The van der Waals surface area contributed by atoms with E-state index < -0.39 is 9.84 Å². The van der Waals surface area contributed by atoms with Crippen molar-refractivity contribution in [2.24, 2.45) is 5.92 Å². The molecule has 1 aromatic carbocycles. The van der Waals surface area contributed by atoms with E-state index in [4.69, 9.17) is 10.00 Å². The number of ether oxygens (including phenoxy) is 1. The van der Waals surface area contributed by atoms with E-state index in [1.165, 1.54) is 0 Å². The monoisotopic (exact) mass is 281 g/mol. The average Bonchev–Trinajstić information content (AvgIpc) is 2.37. The molecule has 0 N–H and O–H groups in total. The topological polar surface area (TPSA) is 67.2 Å². The fraction of sp³-hybridized carbons (Fsp3) is 0.500. The van der Waals surface area contributed by atoms with E-state index in [1.807, 2.05) is 19.9 Å². The molecule has 4 nitrogen and oxygen atoms in total. The van der Waals surface area contributed by atoms with E-state index in [-0.39, 0.29) is 18.1 Å². The Morgan fingerprint density at radius 3 is 2.68 bits per heavy atom. The van der Waals surface area contributed by atoms with Gasteiger partial charge in [0.15, 0.2) is 9.84 Å². The Kier molecular flexibility index (Phi) is 5.84. The van der Waals surface area contributed by atoms with Crippen molar-refractivity contribution in [1.82, 2.24) is 0 Å². The molecule has 104 valence electrons. The highest BCUT2D eigenvalue weighted by Gasteiger charge is 2.12. The van der Waals surface area contributed by atoms with Crippen LogP contribution in [0.5, 0.6) is 5.75 Å². The van der Waals surface area contributed by atoms with Gasteiger partial charge in [-0.3, -0.25) is 0 Å². The summed E-state index contributed by atoms with van der Waals surface area (Å²) in [6.45, 7) is 4.12. The molecule has 5 heteroatoms. The first-order valence-electron chi connectivity index (χ1n) is 6.26. The van der Waals surface area contributed by atoms with Gasteiger partial charge in [-0.05, 0) is 30.5 Å². The lowest BCUT2D eigenvalue weighted by Gasteiger charge is -2.08. The molecular weight excluding hydrogens is 262 g/mol. The third-order valence-corrected chi connectivity index (χ3v) is 4.28. The van der Waals surface area contributed by atoms with E-state index in [2.05, 4.69) is 0 Å². The molecule has 0 heterocycles. The normalized spacial score (nSPS) is 11.3. The molecule has 0 aliphatic carbocycles. The quantitative estimate of drug-likeness (QED) is 0.769. The van der Waals surface area contributed by atoms with Gasteiger partial charge in [-0.25, -0.2) is 8.42 Å². The predicted molar refractivity (Wildman–Crippen MR) is 74.8 cm³/mol. The van der Waals surface area contributed by atoms with Gasteiger partial charge >= 0.3 is 0 Å². The summed E-state index contributed by atoms with van der Waals surface area (Å²) < 4.78 is 28.8. The van der Waals surface area contributed by atoms with Gasteiger partial charge in [0, 0.05) is 0 Å². The highest BCUT2D eigenvalue weighted by Crippen LogP contribution is 2.12. The zero-order chi connectivity index (χ0) is 14.3. The maximum absolute atomic E-state index is 11.7. The van der Waals surface area contributed by atoms with Crippen LogP contribution >= 0.6 is 0 Å². The number of hydrogen-bond donors (Lipinski definition) is 0. The summed E-state index contributed by atoms with van der Waals surface area (Å²) in [5, 5.41) is 8.74. The summed E-state index contributed by atoms with van der Waals surface area (Å²) in [4.78, 5) is 0. The molecule has 0 saturated carbocycles. The molecular formula is C14H19NO3S. The van der Waals surface area contributed by atoms with Crippen LogP contribution in [-0.4, -0.2) is 26.5 Å². The van der Waals surface area contributed by atoms with Crippen molar-refractivity contribution in [2.45, 2.75) is 20.3 Å². The molecule has 0 spiro atoms. The van der Waals surface area contributed by atoms with Crippen molar-refractivity contribution in [3.8, 4) is 11.8 Å². The molecule has 0 unspecified atom stereocenters. The van der Waals surface area contributed by atoms with Crippen LogP contribution in [0.2, 0.25) is 0 Å². The van der Waals surface area contributed by atoms with Crippen molar-refractivity contribution in [3.05, 3.63) is 29.8 Å². The number of nitriles is 1. The van der Waals surface area contributed by atoms with Crippen molar-refractivity contribution in [1.29, 1.82) is 5.26 Å². The molecule has 0 atom stereocenters. The zero-order valence-corrected chi connectivity index (χ0v) is 12.1. The molecule has 0 aromatic heterocycles. The van der Waals surface area contributed by atoms with Crippen LogP contribution in [0.4, 0.5) is 0 Å². The van der Waals surface area contributed by atoms with Crippen molar-refractivity contribution in [3.63, 3.8) is 0 Å². The van der Waals surface area contributed by atoms with Crippen LogP contribution < -0.4 is 4.74 Å². The van der Waals surface area contributed by atoms with Crippen molar-refractivity contribution >= 4 is 9.84 Å². The molecule has 0 saturated heterocycles. The van der Waals surface area contributed by atoms with Gasteiger partial charge in [-0.1, -0.05) is 19.9 Å². The summed E-state index contributed by atoms with van der Waals surface area (Å²) in [6, 6.07) is 8.70. The van der Waals surface area contributed by atoms with Crippen LogP contribution in [0.25, 0.3) is 0 Å². The van der Waals surface area contributed by atoms with Crippen LogP contribution in [0, 0.1) is 17.2 Å². The van der Waals surface area contributed by atoms with Crippen LogP contribution in [0.15, 0.2) is 24.3 Å². The molecule has 0 bridgehead atoms. The highest BCUT2D eigenvalue weighted by atomic mass is 32.2. The molecule has 1 rings (SSSR count). The Hall–Kier alpha value is -1.54. The van der Waals surface area contributed by atoms with E-state index in [0.29, 0.717) is 23.7 Å². The second-order valence-corrected chi connectivity index (χ2v) is 7.13. The molecule has 0 radical (unpaired) electrons. The third-order valence-electron chi connectivity index (χ3n) is 2.63. The minimum Gasteiger partial charge on any atom is -0.492 e. The summed E-state index contributed by atoms with van der Waals surface area (Å²) >= 11 is 0. The summed E-state index contributed by atoms with van der Waals surface area (Å²) in [7, 11) is -3.05. The maximum atomic E-state index is 11.7. The van der Waals surface area contributed by atoms with Gasteiger partial charge in [0.2, 0.25) is 0 Å². The predicted octanol–water partition coefficient (Wildman–Crippen LogP) is 2.40. The molecule has 0 fully saturated rings. The van der Waals surface area contributed by atoms with Crippen LogP contribution in [0.1, 0.15) is 25.8 Å². The minimum atomic E-state index is -3.05. The van der Waals surface area contributed by atoms with Gasteiger partial charge in [-0.2, -0.15) is 5.26 Å². The Morgan fingerprint density at radius 2 is 2.05 bits per heavy atom. The Labute approximate surface area is 114 Å². The number of sulfone groups is 1. The summed E-state index contributed by atoms with van der Waals surface area (Å²) in [6.07, 6.45) is 0.673. The molecule has 19 heavy (non-hydrogen) atoms. The van der Waals surface area contributed by atoms with E-state index in [0.717, 1.165) is 0 Å².